The molecule has 0 fully saturated rings. The lowest BCUT2D eigenvalue weighted by molar-refractivity contribution is 0.607. The van der Waals surface area contributed by atoms with Crippen LogP contribution in [-0.4, -0.2) is 24.5 Å². The van der Waals surface area contributed by atoms with Crippen LogP contribution in [0, 0.1) is 5.82 Å². The third kappa shape index (κ3) is 2.59. The lowest BCUT2D eigenvalue weighted by Crippen LogP contribution is -2.24. The second kappa shape index (κ2) is 5.94. The highest BCUT2D eigenvalue weighted by Crippen LogP contribution is 2.17. The average molecular weight is 335 g/mol. The van der Waals surface area contributed by atoms with E-state index >= 15 is 0 Å². The number of nitrogens with zero attached hydrogens (tertiary/aromatic N) is 5. The number of aromatic nitrogens is 5. The van der Waals surface area contributed by atoms with Crippen LogP contribution in [0.15, 0.2) is 65.7 Å². The van der Waals surface area contributed by atoms with Crippen LogP contribution in [-0.2, 0) is 0 Å². The van der Waals surface area contributed by atoms with Gasteiger partial charge in [-0.25, -0.2) is 9.37 Å². The standard InChI is InChI=1S/C18H14FN5O/c1-12(13-6-3-2-4-7-13)23-11-20-17-16(18(23)25)21-22-24(17)15-9-5-8-14(19)10-15/h2-12H,1H3/t12-/m0/s1. The van der Waals surface area contributed by atoms with Crippen molar-refractivity contribution in [2.45, 2.75) is 13.0 Å². The lowest BCUT2D eigenvalue weighted by atomic mass is 10.1. The monoisotopic (exact) mass is 335 g/mol. The van der Waals surface area contributed by atoms with Gasteiger partial charge in [0.1, 0.15) is 12.1 Å². The summed E-state index contributed by atoms with van der Waals surface area (Å²) in [6.45, 7) is 1.92. The molecule has 0 aliphatic heterocycles. The van der Waals surface area contributed by atoms with Gasteiger partial charge in [0.15, 0.2) is 11.2 Å². The highest BCUT2D eigenvalue weighted by molar-refractivity contribution is 5.70. The summed E-state index contributed by atoms with van der Waals surface area (Å²) in [5.74, 6) is -0.396. The van der Waals surface area contributed by atoms with E-state index < -0.39 is 5.82 Å². The molecule has 0 saturated carbocycles. The maximum atomic E-state index is 13.4. The molecule has 2 aromatic carbocycles. The summed E-state index contributed by atoms with van der Waals surface area (Å²) < 4.78 is 16.3. The highest BCUT2D eigenvalue weighted by atomic mass is 19.1. The molecule has 0 spiro atoms. The minimum Gasteiger partial charge on any atom is -0.290 e. The average Bonchev–Trinajstić information content (AvgIpc) is 3.07. The molecule has 2 aromatic heterocycles. The van der Waals surface area contributed by atoms with Crippen LogP contribution >= 0.6 is 0 Å². The summed E-state index contributed by atoms with van der Waals surface area (Å²) in [4.78, 5) is 17.1. The second-order valence-corrected chi connectivity index (χ2v) is 5.70. The van der Waals surface area contributed by atoms with E-state index in [4.69, 9.17) is 0 Å². The van der Waals surface area contributed by atoms with E-state index in [1.54, 1.807) is 12.1 Å². The van der Waals surface area contributed by atoms with Gasteiger partial charge in [0.05, 0.1) is 11.7 Å². The van der Waals surface area contributed by atoms with Crippen molar-refractivity contribution in [3.8, 4) is 5.69 Å². The number of hydrogen-bond acceptors (Lipinski definition) is 4. The van der Waals surface area contributed by atoms with E-state index in [1.165, 1.54) is 27.7 Å². The fourth-order valence-corrected chi connectivity index (χ4v) is 2.77. The van der Waals surface area contributed by atoms with Crippen LogP contribution in [0.2, 0.25) is 0 Å². The van der Waals surface area contributed by atoms with E-state index in [0.717, 1.165) is 5.56 Å². The molecule has 0 N–H and O–H groups in total. The fourth-order valence-electron chi connectivity index (χ4n) is 2.77. The Bertz CT molecular complexity index is 1100. The number of benzene rings is 2. The van der Waals surface area contributed by atoms with E-state index in [2.05, 4.69) is 15.3 Å². The van der Waals surface area contributed by atoms with Gasteiger partial charge in [0.25, 0.3) is 5.56 Å². The molecule has 25 heavy (non-hydrogen) atoms. The summed E-state index contributed by atoms with van der Waals surface area (Å²) in [5, 5.41) is 7.92. The minimum atomic E-state index is -0.396. The van der Waals surface area contributed by atoms with E-state index in [1.807, 2.05) is 37.3 Å². The summed E-state index contributed by atoms with van der Waals surface area (Å²) in [5.41, 5.74) is 1.61. The third-order valence-corrected chi connectivity index (χ3v) is 4.14. The van der Waals surface area contributed by atoms with Gasteiger partial charge in [-0.3, -0.25) is 9.36 Å². The maximum Gasteiger partial charge on any atom is 0.284 e. The molecule has 4 rings (SSSR count). The summed E-state index contributed by atoms with van der Waals surface area (Å²) in [6.07, 6.45) is 1.47. The predicted molar refractivity (Wildman–Crippen MR) is 91.1 cm³/mol. The van der Waals surface area contributed by atoms with Gasteiger partial charge in [0.2, 0.25) is 0 Å². The predicted octanol–water partition coefficient (Wildman–Crippen LogP) is 2.73. The van der Waals surface area contributed by atoms with Gasteiger partial charge in [-0.05, 0) is 30.7 Å². The Balaban J connectivity index is 1.84. The Morgan fingerprint density at radius 1 is 1.08 bits per heavy atom. The van der Waals surface area contributed by atoms with Crippen molar-refractivity contribution in [3.63, 3.8) is 0 Å². The summed E-state index contributed by atoms with van der Waals surface area (Å²) in [7, 11) is 0. The van der Waals surface area contributed by atoms with Gasteiger partial charge in [0, 0.05) is 0 Å². The normalized spacial score (nSPS) is 12.4. The van der Waals surface area contributed by atoms with Crippen LogP contribution in [0.5, 0.6) is 0 Å². The van der Waals surface area contributed by atoms with Crippen molar-refractivity contribution < 1.29 is 4.39 Å². The van der Waals surface area contributed by atoms with Gasteiger partial charge >= 0.3 is 0 Å². The van der Waals surface area contributed by atoms with Crippen LogP contribution < -0.4 is 5.56 Å². The third-order valence-electron chi connectivity index (χ3n) is 4.14. The molecule has 0 aliphatic carbocycles. The Kier molecular flexibility index (Phi) is 3.61. The van der Waals surface area contributed by atoms with Gasteiger partial charge in [-0.2, -0.15) is 4.68 Å². The first-order valence-electron chi connectivity index (χ1n) is 7.78. The van der Waals surface area contributed by atoms with Crippen molar-refractivity contribution in [1.29, 1.82) is 0 Å². The molecule has 0 amide bonds. The fraction of sp³-hybridized carbons (Fsp3) is 0.111. The molecule has 7 heteroatoms. The number of halogens is 1. The first kappa shape index (κ1) is 15.2. The van der Waals surface area contributed by atoms with E-state index in [-0.39, 0.29) is 17.1 Å². The molecule has 0 aliphatic rings. The molecule has 2 heterocycles. The molecule has 1 atom stereocenters. The van der Waals surface area contributed by atoms with E-state index in [0.29, 0.717) is 11.3 Å². The van der Waals surface area contributed by atoms with Gasteiger partial charge in [-0.15, -0.1) is 5.10 Å². The quantitative estimate of drug-likeness (QED) is 0.577. The van der Waals surface area contributed by atoms with Crippen molar-refractivity contribution in [2.24, 2.45) is 0 Å². The molecule has 0 bridgehead atoms. The molecular formula is C18H14FN5O. The Morgan fingerprint density at radius 2 is 1.88 bits per heavy atom. The van der Waals surface area contributed by atoms with Gasteiger partial charge in [-0.1, -0.05) is 41.6 Å². The maximum absolute atomic E-state index is 13.4. The first-order chi connectivity index (χ1) is 12.1. The zero-order valence-electron chi connectivity index (χ0n) is 13.4. The second-order valence-electron chi connectivity index (χ2n) is 5.70. The molecule has 6 nitrogen and oxygen atoms in total. The summed E-state index contributed by atoms with van der Waals surface area (Å²) in [6, 6.07) is 15.4. The summed E-state index contributed by atoms with van der Waals surface area (Å²) >= 11 is 0. The lowest BCUT2D eigenvalue weighted by Gasteiger charge is -2.14. The minimum absolute atomic E-state index is 0.148. The van der Waals surface area contributed by atoms with Gasteiger partial charge < -0.3 is 0 Å². The molecule has 0 unspecified atom stereocenters. The van der Waals surface area contributed by atoms with Crippen LogP contribution in [0.1, 0.15) is 18.5 Å². The SMILES string of the molecule is C[C@@H](c1ccccc1)n1cnc2c(nnn2-c2cccc(F)c2)c1=O. The van der Waals surface area contributed by atoms with Crippen LogP contribution in [0.25, 0.3) is 16.9 Å². The largest absolute Gasteiger partial charge is 0.290 e. The molecule has 4 aromatic rings. The van der Waals surface area contributed by atoms with Crippen LogP contribution in [0.3, 0.4) is 0 Å². The van der Waals surface area contributed by atoms with Crippen LogP contribution in [0.4, 0.5) is 4.39 Å². The molecular weight excluding hydrogens is 321 g/mol. The van der Waals surface area contributed by atoms with Crippen molar-refractivity contribution in [3.05, 3.63) is 82.7 Å². The first-order valence-corrected chi connectivity index (χ1v) is 7.78. The number of fused-ring (bicyclic) bond motifs is 1. The Morgan fingerprint density at radius 3 is 2.64 bits per heavy atom. The topological polar surface area (TPSA) is 65.6 Å². The molecule has 0 radical (unpaired) electrons. The molecule has 124 valence electrons. The Labute approximate surface area is 142 Å². The van der Waals surface area contributed by atoms with Crippen molar-refractivity contribution in [1.82, 2.24) is 24.5 Å². The van der Waals surface area contributed by atoms with Crippen molar-refractivity contribution >= 4 is 11.2 Å². The number of rotatable bonds is 3. The Hall–Kier alpha value is -3.35. The van der Waals surface area contributed by atoms with E-state index in [9.17, 15) is 9.18 Å². The zero-order valence-corrected chi connectivity index (χ0v) is 13.4. The molecule has 0 saturated heterocycles. The zero-order chi connectivity index (χ0) is 17.4. The highest BCUT2D eigenvalue weighted by Gasteiger charge is 2.17. The smallest absolute Gasteiger partial charge is 0.284 e. The van der Waals surface area contributed by atoms with Crippen molar-refractivity contribution in [2.75, 3.05) is 0 Å². The number of hydrogen-bond donors (Lipinski definition) is 0.